The smallest absolute Gasteiger partial charge is 0.231 e. The maximum absolute atomic E-state index is 9.70. The number of ether oxygens (including phenoxy) is 4. The summed E-state index contributed by atoms with van der Waals surface area (Å²) in [6, 6.07) is 9.50. The highest BCUT2D eigenvalue weighted by molar-refractivity contribution is 5.71. The lowest BCUT2D eigenvalue weighted by molar-refractivity contribution is 0.0422. The zero-order chi connectivity index (χ0) is 21.2. The predicted octanol–water partition coefficient (Wildman–Crippen LogP) is 1.57. The summed E-state index contributed by atoms with van der Waals surface area (Å²) in [6.45, 7) is 2.70. The fourth-order valence-electron chi connectivity index (χ4n) is 3.64. The van der Waals surface area contributed by atoms with Crippen LogP contribution in [0.2, 0.25) is 0 Å². The minimum atomic E-state index is -0.627. The highest BCUT2D eigenvalue weighted by atomic mass is 16.7. The molecule has 0 bridgehead atoms. The number of para-hydroxylation sites is 1. The molecule has 0 aliphatic carbocycles. The summed E-state index contributed by atoms with van der Waals surface area (Å²) in [6.07, 6.45) is 1.21. The zero-order valence-corrected chi connectivity index (χ0v) is 17.1. The van der Waals surface area contributed by atoms with Crippen LogP contribution < -0.4 is 14.4 Å². The molecule has 4 heterocycles. The molecule has 1 fully saturated rings. The Kier molecular flexibility index (Phi) is 5.41. The first-order valence-electron chi connectivity index (χ1n) is 10.1. The molecule has 0 saturated carbocycles. The van der Waals surface area contributed by atoms with Crippen molar-refractivity contribution in [2.75, 3.05) is 51.7 Å². The van der Waals surface area contributed by atoms with Crippen LogP contribution in [0.5, 0.6) is 11.5 Å². The van der Waals surface area contributed by atoms with Gasteiger partial charge in [0.05, 0.1) is 25.5 Å². The highest BCUT2D eigenvalue weighted by Gasteiger charge is 2.22. The second-order valence-corrected chi connectivity index (χ2v) is 7.13. The Morgan fingerprint density at radius 3 is 2.77 bits per heavy atom. The van der Waals surface area contributed by atoms with Crippen molar-refractivity contribution >= 4 is 5.82 Å². The van der Waals surface area contributed by atoms with Gasteiger partial charge in [-0.25, -0.2) is 14.6 Å². The molecule has 31 heavy (non-hydrogen) atoms. The monoisotopic (exact) mass is 425 g/mol. The molecule has 10 heteroatoms. The van der Waals surface area contributed by atoms with E-state index in [-0.39, 0.29) is 13.4 Å². The third-order valence-electron chi connectivity index (χ3n) is 5.29. The van der Waals surface area contributed by atoms with Crippen molar-refractivity contribution in [3.8, 4) is 28.6 Å². The van der Waals surface area contributed by atoms with Crippen LogP contribution in [0.15, 0.2) is 36.5 Å². The number of methoxy groups -OCH3 is 1. The molecule has 3 aromatic rings. The number of hydrogen-bond acceptors (Lipinski definition) is 9. The standard InChI is InChI=1S/C21H23N5O5/c1-28-17(12-27)21-22-18(25-7-9-29-10-8-25)11-19(23-21)26-6-5-15(24-26)14-3-2-4-16-20(14)31-13-30-16/h2-6,11,17,27H,7-10,12-13H2,1H3. The molecule has 0 radical (unpaired) electrons. The summed E-state index contributed by atoms with van der Waals surface area (Å²) in [5.74, 6) is 3.12. The van der Waals surface area contributed by atoms with Crippen molar-refractivity contribution < 1.29 is 24.1 Å². The number of aliphatic hydroxyl groups excluding tert-OH is 1. The molecule has 2 aliphatic rings. The molecule has 1 aromatic carbocycles. The predicted molar refractivity (Wildman–Crippen MR) is 111 cm³/mol. The van der Waals surface area contributed by atoms with Crippen molar-refractivity contribution in [1.82, 2.24) is 19.7 Å². The number of aliphatic hydroxyl groups is 1. The van der Waals surface area contributed by atoms with Crippen molar-refractivity contribution in [3.05, 3.63) is 42.4 Å². The van der Waals surface area contributed by atoms with E-state index >= 15 is 0 Å². The third kappa shape index (κ3) is 3.80. The fraction of sp³-hybridized carbons (Fsp3) is 0.381. The summed E-state index contributed by atoms with van der Waals surface area (Å²) >= 11 is 0. The normalized spacial score (nSPS) is 16.5. The highest BCUT2D eigenvalue weighted by Crippen LogP contribution is 2.40. The average molecular weight is 425 g/mol. The first kappa shape index (κ1) is 19.7. The summed E-state index contributed by atoms with van der Waals surface area (Å²) < 4.78 is 23.6. The van der Waals surface area contributed by atoms with Gasteiger partial charge in [0, 0.05) is 38.0 Å². The minimum absolute atomic E-state index is 0.199. The molecule has 2 aliphatic heterocycles. The van der Waals surface area contributed by atoms with E-state index in [1.165, 1.54) is 7.11 Å². The molecule has 0 amide bonds. The van der Waals surface area contributed by atoms with Gasteiger partial charge in [0.1, 0.15) is 11.9 Å². The zero-order valence-electron chi connectivity index (χ0n) is 17.1. The molecule has 5 rings (SSSR count). The molecule has 1 N–H and O–H groups in total. The van der Waals surface area contributed by atoms with Crippen LogP contribution in [0, 0.1) is 0 Å². The van der Waals surface area contributed by atoms with Crippen LogP contribution in [-0.2, 0) is 9.47 Å². The van der Waals surface area contributed by atoms with Crippen molar-refractivity contribution in [1.29, 1.82) is 0 Å². The Morgan fingerprint density at radius 1 is 1.13 bits per heavy atom. The molecule has 162 valence electrons. The topological polar surface area (TPSA) is 104 Å². The number of anilines is 1. The maximum atomic E-state index is 9.70. The number of rotatable bonds is 6. The lowest BCUT2D eigenvalue weighted by Crippen LogP contribution is -2.37. The van der Waals surface area contributed by atoms with Gasteiger partial charge in [-0.3, -0.25) is 0 Å². The SMILES string of the molecule is COC(CO)c1nc(N2CCOCC2)cc(-n2ccc(-c3cccc4c3OCO4)n2)n1. The number of hydrogen-bond donors (Lipinski definition) is 1. The molecule has 1 saturated heterocycles. The molecule has 2 aromatic heterocycles. The average Bonchev–Trinajstić information content (AvgIpc) is 3.50. The first-order valence-corrected chi connectivity index (χ1v) is 10.1. The van der Waals surface area contributed by atoms with E-state index in [9.17, 15) is 5.11 Å². The van der Waals surface area contributed by atoms with E-state index in [4.69, 9.17) is 24.0 Å². The molecular formula is C21H23N5O5. The quantitative estimate of drug-likeness (QED) is 0.630. The Bertz CT molecular complexity index is 1060. The van der Waals surface area contributed by atoms with Gasteiger partial charge >= 0.3 is 0 Å². The summed E-state index contributed by atoms with van der Waals surface area (Å²) in [5, 5.41) is 14.4. The summed E-state index contributed by atoms with van der Waals surface area (Å²) in [7, 11) is 1.52. The largest absolute Gasteiger partial charge is 0.454 e. The first-order chi connectivity index (χ1) is 15.3. The van der Waals surface area contributed by atoms with Crippen LogP contribution in [0.25, 0.3) is 17.1 Å². The number of morpholine rings is 1. The maximum Gasteiger partial charge on any atom is 0.231 e. The lowest BCUT2D eigenvalue weighted by atomic mass is 10.1. The van der Waals surface area contributed by atoms with E-state index < -0.39 is 6.10 Å². The Balaban J connectivity index is 1.54. The van der Waals surface area contributed by atoms with Gasteiger partial charge in [-0.2, -0.15) is 5.10 Å². The van der Waals surface area contributed by atoms with E-state index in [1.54, 1.807) is 4.68 Å². The molecule has 10 nitrogen and oxygen atoms in total. The van der Waals surface area contributed by atoms with E-state index in [0.717, 1.165) is 30.2 Å². The van der Waals surface area contributed by atoms with Gasteiger partial charge in [0.2, 0.25) is 6.79 Å². The van der Waals surface area contributed by atoms with Crippen LogP contribution in [0.3, 0.4) is 0 Å². The molecule has 0 spiro atoms. The van der Waals surface area contributed by atoms with Crippen LogP contribution >= 0.6 is 0 Å². The van der Waals surface area contributed by atoms with Crippen molar-refractivity contribution in [3.63, 3.8) is 0 Å². The molecule has 1 unspecified atom stereocenters. The van der Waals surface area contributed by atoms with E-state index in [1.807, 2.05) is 36.5 Å². The van der Waals surface area contributed by atoms with E-state index in [0.29, 0.717) is 36.4 Å². The van der Waals surface area contributed by atoms with Crippen LogP contribution in [0.1, 0.15) is 11.9 Å². The summed E-state index contributed by atoms with van der Waals surface area (Å²) in [5.41, 5.74) is 1.59. The minimum Gasteiger partial charge on any atom is -0.454 e. The van der Waals surface area contributed by atoms with E-state index in [2.05, 4.69) is 14.9 Å². The van der Waals surface area contributed by atoms with Gasteiger partial charge in [0.25, 0.3) is 0 Å². The van der Waals surface area contributed by atoms with Gasteiger partial charge in [-0.15, -0.1) is 0 Å². The fourth-order valence-corrected chi connectivity index (χ4v) is 3.64. The Labute approximate surface area is 179 Å². The van der Waals surface area contributed by atoms with Crippen LogP contribution in [-0.4, -0.2) is 71.7 Å². The number of aromatic nitrogens is 4. The van der Waals surface area contributed by atoms with Gasteiger partial charge in [-0.1, -0.05) is 6.07 Å². The molecular weight excluding hydrogens is 402 g/mol. The van der Waals surface area contributed by atoms with Gasteiger partial charge in [0.15, 0.2) is 23.1 Å². The van der Waals surface area contributed by atoms with Gasteiger partial charge < -0.3 is 29.0 Å². The second kappa shape index (κ2) is 8.50. The summed E-state index contributed by atoms with van der Waals surface area (Å²) in [4.78, 5) is 11.4. The Hall–Kier alpha value is -3.21. The lowest BCUT2D eigenvalue weighted by Gasteiger charge is -2.28. The third-order valence-corrected chi connectivity index (χ3v) is 5.29. The second-order valence-electron chi connectivity index (χ2n) is 7.13. The van der Waals surface area contributed by atoms with Crippen LogP contribution in [0.4, 0.5) is 5.82 Å². The number of benzene rings is 1. The van der Waals surface area contributed by atoms with Crippen molar-refractivity contribution in [2.45, 2.75) is 6.10 Å². The van der Waals surface area contributed by atoms with Gasteiger partial charge in [-0.05, 0) is 18.2 Å². The van der Waals surface area contributed by atoms with Crippen molar-refractivity contribution in [2.24, 2.45) is 0 Å². The molecule has 1 atom stereocenters. The number of nitrogens with zero attached hydrogens (tertiary/aromatic N) is 5. The number of fused-ring (bicyclic) bond motifs is 1. The Morgan fingerprint density at radius 2 is 1.97 bits per heavy atom.